The first-order valence-electron chi connectivity index (χ1n) is 7.13. The number of halogens is 2. The van der Waals surface area contributed by atoms with Crippen LogP contribution in [0, 0.1) is 0 Å². The van der Waals surface area contributed by atoms with E-state index in [0.29, 0.717) is 10.8 Å². The zero-order chi connectivity index (χ0) is 16.5. The van der Waals surface area contributed by atoms with Crippen molar-refractivity contribution in [3.8, 4) is 17.1 Å². The van der Waals surface area contributed by atoms with Crippen LogP contribution in [0.4, 0.5) is 10.8 Å². The Morgan fingerprint density at radius 2 is 1.80 bits per heavy atom. The third kappa shape index (κ3) is 3.65. The minimum Gasteiger partial charge on any atom is -1.00 e. The van der Waals surface area contributed by atoms with Gasteiger partial charge >= 0.3 is 0 Å². The van der Waals surface area contributed by atoms with E-state index in [0.717, 1.165) is 26.6 Å². The summed E-state index contributed by atoms with van der Waals surface area (Å²) in [5.41, 5.74) is 3.11. The van der Waals surface area contributed by atoms with Crippen molar-refractivity contribution < 1.29 is 22.1 Å². The van der Waals surface area contributed by atoms with Gasteiger partial charge in [-0.1, -0.05) is 46.3 Å². The maximum absolute atomic E-state index is 9.99. The second kappa shape index (κ2) is 7.47. The Morgan fingerprint density at radius 3 is 2.60 bits per heavy atom. The molecule has 4 rings (SSSR count). The lowest BCUT2D eigenvalue weighted by Gasteiger charge is -1.95. The van der Waals surface area contributed by atoms with E-state index in [1.165, 1.54) is 11.3 Å². The van der Waals surface area contributed by atoms with Crippen molar-refractivity contribution in [2.24, 2.45) is 10.2 Å². The largest absolute Gasteiger partial charge is 1.00 e. The number of nitrogens with one attached hydrogen (secondary N) is 1. The standard InChI is InChI=1S/C17H11BrN4OS.BrH/c18-11-7-5-10(6-8-11)14-9-24-17(20-14)22-21-15-12-3-1-2-4-13(12)19-16(15)23;/h1-9,19,23H;1H/p-1. The first-order valence-corrected chi connectivity index (χ1v) is 8.81. The molecule has 0 aliphatic carbocycles. The van der Waals surface area contributed by atoms with E-state index in [-0.39, 0.29) is 22.9 Å². The van der Waals surface area contributed by atoms with E-state index in [1.54, 1.807) is 0 Å². The molecule has 126 valence electrons. The zero-order valence-corrected chi connectivity index (χ0v) is 16.6. The number of azo groups is 1. The number of fused-ring (bicyclic) bond motifs is 1. The molecular formula is C17H11Br2N4OS-. The number of benzene rings is 2. The Morgan fingerprint density at radius 1 is 1.04 bits per heavy atom. The molecule has 0 amide bonds. The summed E-state index contributed by atoms with van der Waals surface area (Å²) < 4.78 is 1.02. The van der Waals surface area contributed by atoms with Crippen LogP contribution in [-0.2, 0) is 0 Å². The molecule has 0 aliphatic rings. The van der Waals surface area contributed by atoms with Gasteiger partial charge in [0.1, 0.15) is 0 Å². The van der Waals surface area contributed by atoms with E-state index in [9.17, 15) is 5.11 Å². The first kappa shape index (κ1) is 17.8. The van der Waals surface area contributed by atoms with Gasteiger partial charge in [0, 0.05) is 20.8 Å². The molecule has 2 aromatic heterocycles. The number of aromatic amines is 1. The summed E-state index contributed by atoms with van der Waals surface area (Å²) in [4.78, 5) is 7.35. The monoisotopic (exact) mass is 477 g/mol. The quantitative estimate of drug-likeness (QED) is 0.444. The molecule has 8 heteroatoms. The molecule has 25 heavy (non-hydrogen) atoms. The fourth-order valence-corrected chi connectivity index (χ4v) is 3.28. The second-order valence-electron chi connectivity index (χ2n) is 5.09. The van der Waals surface area contributed by atoms with Crippen molar-refractivity contribution in [2.45, 2.75) is 0 Å². The van der Waals surface area contributed by atoms with Gasteiger partial charge in [-0.2, -0.15) is 0 Å². The van der Waals surface area contributed by atoms with Crippen LogP contribution in [0.3, 0.4) is 0 Å². The van der Waals surface area contributed by atoms with Crippen molar-refractivity contribution in [2.75, 3.05) is 0 Å². The average Bonchev–Trinajstić information content (AvgIpc) is 3.17. The number of aromatic hydroxyl groups is 1. The van der Waals surface area contributed by atoms with E-state index in [2.05, 4.69) is 36.1 Å². The van der Waals surface area contributed by atoms with Gasteiger partial charge in [-0.05, 0) is 18.2 Å². The Bertz CT molecular complexity index is 1040. The summed E-state index contributed by atoms with van der Waals surface area (Å²) in [6.07, 6.45) is 0. The topological polar surface area (TPSA) is 73.6 Å². The SMILES string of the molecule is Oc1[nH]c2ccccc2c1N=Nc1nc(-c2ccc(Br)cc2)cs1.[Br-]. The van der Waals surface area contributed by atoms with Gasteiger partial charge in [-0.15, -0.1) is 21.6 Å². The number of hydrogen-bond acceptors (Lipinski definition) is 5. The van der Waals surface area contributed by atoms with Crippen molar-refractivity contribution in [1.29, 1.82) is 0 Å². The van der Waals surface area contributed by atoms with E-state index >= 15 is 0 Å². The van der Waals surface area contributed by atoms with Crippen molar-refractivity contribution >= 4 is 49.0 Å². The zero-order valence-electron chi connectivity index (χ0n) is 12.6. The molecule has 0 atom stereocenters. The Labute approximate surface area is 166 Å². The Kier molecular flexibility index (Phi) is 5.31. The number of aromatic nitrogens is 2. The fraction of sp³-hybridized carbons (Fsp3) is 0. The number of para-hydroxylation sites is 1. The molecule has 2 heterocycles. The molecular weight excluding hydrogens is 468 g/mol. The first-order chi connectivity index (χ1) is 11.7. The van der Waals surface area contributed by atoms with Gasteiger partial charge in [-0.25, -0.2) is 4.98 Å². The smallest absolute Gasteiger partial charge is 0.230 e. The molecule has 0 saturated heterocycles. The van der Waals surface area contributed by atoms with Crippen LogP contribution >= 0.6 is 27.3 Å². The predicted octanol–water partition coefficient (Wildman–Crippen LogP) is 3.18. The van der Waals surface area contributed by atoms with Crippen molar-refractivity contribution in [3.05, 3.63) is 58.4 Å². The van der Waals surface area contributed by atoms with E-state index < -0.39 is 0 Å². The van der Waals surface area contributed by atoms with Crippen LogP contribution in [0.5, 0.6) is 5.88 Å². The van der Waals surface area contributed by atoms with Crippen LogP contribution < -0.4 is 17.0 Å². The van der Waals surface area contributed by atoms with E-state index in [4.69, 9.17) is 0 Å². The second-order valence-corrected chi connectivity index (χ2v) is 6.84. The van der Waals surface area contributed by atoms with Crippen LogP contribution in [0.1, 0.15) is 0 Å². The lowest BCUT2D eigenvalue weighted by Crippen LogP contribution is -3.00. The van der Waals surface area contributed by atoms with Crippen molar-refractivity contribution in [1.82, 2.24) is 9.97 Å². The highest BCUT2D eigenvalue weighted by molar-refractivity contribution is 9.10. The van der Waals surface area contributed by atoms with Gasteiger partial charge in [0.15, 0.2) is 5.69 Å². The van der Waals surface area contributed by atoms with Crippen LogP contribution in [0.25, 0.3) is 22.2 Å². The number of hydrogen-bond donors (Lipinski definition) is 2. The molecule has 0 aliphatic heterocycles. The maximum atomic E-state index is 9.99. The summed E-state index contributed by atoms with van der Waals surface area (Å²) >= 11 is 4.83. The predicted molar refractivity (Wildman–Crippen MR) is 99.4 cm³/mol. The minimum atomic E-state index is 0. The lowest BCUT2D eigenvalue weighted by molar-refractivity contribution is -0.00000578. The van der Waals surface area contributed by atoms with Gasteiger partial charge in [0.05, 0.1) is 11.2 Å². The van der Waals surface area contributed by atoms with Gasteiger partial charge < -0.3 is 27.1 Å². The van der Waals surface area contributed by atoms with Crippen LogP contribution in [0.15, 0.2) is 68.6 Å². The Hall–Kier alpha value is -2.03. The summed E-state index contributed by atoms with van der Waals surface area (Å²) in [6.45, 7) is 0. The molecule has 0 unspecified atom stereocenters. The minimum absolute atomic E-state index is 0. The van der Waals surface area contributed by atoms with Gasteiger partial charge in [-0.3, -0.25) is 0 Å². The average molecular weight is 479 g/mol. The number of H-pyrrole nitrogens is 1. The molecule has 0 fully saturated rings. The van der Waals surface area contributed by atoms with Crippen LogP contribution in [-0.4, -0.2) is 15.1 Å². The molecule has 4 aromatic rings. The summed E-state index contributed by atoms with van der Waals surface area (Å²) in [6, 6.07) is 15.5. The highest BCUT2D eigenvalue weighted by Crippen LogP contribution is 2.36. The number of rotatable bonds is 3. The molecule has 0 radical (unpaired) electrons. The number of thiazole rings is 1. The normalized spacial score (nSPS) is 11.1. The molecule has 2 aromatic carbocycles. The van der Waals surface area contributed by atoms with Gasteiger partial charge in [0.25, 0.3) is 0 Å². The highest BCUT2D eigenvalue weighted by Gasteiger charge is 2.10. The third-order valence-electron chi connectivity index (χ3n) is 3.53. The number of nitrogens with zero attached hydrogens (tertiary/aromatic N) is 3. The molecule has 0 spiro atoms. The fourth-order valence-electron chi connectivity index (χ4n) is 2.37. The summed E-state index contributed by atoms with van der Waals surface area (Å²) in [7, 11) is 0. The summed E-state index contributed by atoms with van der Waals surface area (Å²) in [5.74, 6) is 0.00430. The van der Waals surface area contributed by atoms with Gasteiger partial charge in [0.2, 0.25) is 11.0 Å². The third-order valence-corrected chi connectivity index (χ3v) is 4.78. The maximum Gasteiger partial charge on any atom is 0.230 e. The highest BCUT2D eigenvalue weighted by atomic mass is 79.9. The molecule has 5 nitrogen and oxygen atoms in total. The summed E-state index contributed by atoms with van der Waals surface area (Å²) in [5, 5.41) is 21.6. The van der Waals surface area contributed by atoms with Crippen molar-refractivity contribution in [3.63, 3.8) is 0 Å². The lowest BCUT2D eigenvalue weighted by atomic mass is 10.2. The molecule has 2 N–H and O–H groups in total. The molecule has 0 bridgehead atoms. The molecule has 0 saturated carbocycles. The van der Waals surface area contributed by atoms with Crippen LogP contribution in [0.2, 0.25) is 0 Å². The van der Waals surface area contributed by atoms with E-state index in [1.807, 2.05) is 53.9 Å². The Balaban J connectivity index is 0.00000182.